The summed E-state index contributed by atoms with van der Waals surface area (Å²) in [5, 5.41) is 9.70. The van der Waals surface area contributed by atoms with E-state index in [2.05, 4.69) is 53.0 Å². The van der Waals surface area contributed by atoms with Crippen LogP contribution in [0.1, 0.15) is 35.2 Å². The molecular weight excluding hydrogens is 410 g/mol. The van der Waals surface area contributed by atoms with Crippen molar-refractivity contribution < 1.29 is 9.90 Å². The van der Waals surface area contributed by atoms with Crippen LogP contribution >= 0.6 is 0 Å². The maximum Gasteiger partial charge on any atom is 0.337 e. The van der Waals surface area contributed by atoms with Crippen LogP contribution in [0.2, 0.25) is 0 Å². The predicted octanol–water partition coefficient (Wildman–Crippen LogP) is 6.10. The maximum atomic E-state index is 11.8. The van der Waals surface area contributed by atoms with E-state index in [1.54, 1.807) is 6.07 Å². The van der Waals surface area contributed by atoms with Gasteiger partial charge in [0.05, 0.1) is 11.3 Å². The van der Waals surface area contributed by atoms with Crippen LogP contribution < -0.4 is 4.90 Å². The van der Waals surface area contributed by atoms with Crippen molar-refractivity contribution >= 4 is 24.1 Å². The number of likely N-dealkylation sites (tertiary alicyclic amines) is 1. The monoisotopic (exact) mass is 441 g/mol. The van der Waals surface area contributed by atoms with Crippen LogP contribution in [-0.2, 0) is 6.54 Å². The van der Waals surface area contributed by atoms with Gasteiger partial charge in [0.1, 0.15) is 5.69 Å². The molecule has 5 nitrogen and oxygen atoms in total. The molecule has 5 heteroatoms. The molecule has 0 aliphatic carbocycles. The van der Waals surface area contributed by atoms with Gasteiger partial charge >= 0.3 is 5.97 Å². The molecule has 1 N–H and O–H groups in total. The fourth-order valence-electron chi connectivity index (χ4n) is 4.54. The summed E-state index contributed by atoms with van der Waals surface area (Å²) in [6.07, 6.45) is 3.94. The standard InChI is InChI=1S/C28H31N3O2/c1-29-27-25(28(32)33)17-24(18-26(27)30(2)3)22-12-10-21(11-13-22)23-9-7-8-20(16-23)19-31-14-5-4-6-15-31/h7-13,16-18H,1,4-6,14-15,19H2,2-3H3,(H,32,33). The van der Waals surface area contributed by atoms with E-state index in [1.807, 2.05) is 37.2 Å². The minimum Gasteiger partial charge on any atom is -0.478 e. The van der Waals surface area contributed by atoms with Gasteiger partial charge in [-0.3, -0.25) is 9.89 Å². The molecule has 3 aromatic carbocycles. The molecule has 0 bridgehead atoms. The van der Waals surface area contributed by atoms with Crippen LogP contribution in [-0.4, -0.2) is 49.9 Å². The molecular formula is C28H31N3O2. The largest absolute Gasteiger partial charge is 0.478 e. The number of hydrogen-bond acceptors (Lipinski definition) is 4. The molecule has 0 atom stereocenters. The number of benzene rings is 3. The molecule has 4 rings (SSSR count). The lowest BCUT2D eigenvalue weighted by Crippen LogP contribution is -2.29. The summed E-state index contributed by atoms with van der Waals surface area (Å²) < 4.78 is 0. The van der Waals surface area contributed by atoms with Gasteiger partial charge in [-0.15, -0.1) is 0 Å². The minimum absolute atomic E-state index is 0.153. The molecule has 1 fully saturated rings. The highest BCUT2D eigenvalue weighted by Gasteiger charge is 2.17. The SMILES string of the molecule is C=Nc1c(C(=O)O)cc(-c2ccc(-c3cccc(CN4CCCCC4)c3)cc2)cc1N(C)C. The fourth-order valence-corrected chi connectivity index (χ4v) is 4.54. The normalized spacial score (nSPS) is 14.1. The number of piperidine rings is 1. The Morgan fingerprint density at radius 1 is 0.939 bits per heavy atom. The zero-order chi connectivity index (χ0) is 23.4. The van der Waals surface area contributed by atoms with Crippen molar-refractivity contribution in [2.75, 3.05) is 32.1 Å². The van der Waals surface area contributed by atoms with Gasteiger partial charge in [-0.05, 0) is 78.7 Å². The average Bonchev–Trinajstić information content (AvgIpc) is 2.84. The second-order valence-electron chi connectivity index (χ2n) is 8.86. The lowest BCUT2D eigenvalue weighted by atomic mass is 9.96. The van der Waals surface area contributed by atoms with Crippen molar-refractivity contribution in [2.45, 2.75) is 25.8 Å². The van der Waals surface area contributed by atoms with Gasteiger partial charge in [0.15, 0.2) is 0 Å². The van der Waals surface area contributed by atoms with Crippen LogP contribution in [0.5, 0.6) is 0 Å². The number of aromatic carboxylic acids is 1. The summed E-state index contributed by atoms with van der Waals surface area (Å²) in [5.41, 5.74) is 6.76. The number of carbonyl (C=O) groups is 1. The van der Waals surface area contributed by atoms with Crippen molar-refractivity contribution in [1.82, 2.24) is 4.90 Å². The molecule has 0 amide bonds. The van der Waals surface area contributed by atoms with E-state index in [9.17, 15) is 9.90 Å². The molecule has 1 aliphatic rings. The summed E-state index contributed by atoms with van der Waals surface area (Å²) in [7, 11) is 3.75. The zero-order valence-electron chi connectivity index (χ0n) is 19.4. The highest BCUT2D eigenvalue weighted by atomic mass is 16.4. The van der Waals surface area contributed by atoms with E-state index >= 15 is 0 Å². The predicted molar refractivity (Wildman–Crippen MR) is 137 cm³/mol. The Hall–Kier alpha value is -3.44. The van der Waals surface area contributed by atoms with E-state index in [1.165, 1.54) is 43.5 Å². The molecule has 33 heavy (non-hydrogen) atoms. The molecule has 1 aliphatic heterocycles. The lowest BCUT2D eigenvalue weighted by molar-refractivity contribution is 0.0698. The number of aliphatic imine (C=N–C) groups is 1. The molecule has 0 spiro atoms. The molecule has 0 aromatic heterocycles. The number of anilines is 1. The first kappa shape index (κ1) is 22.7. The molecule has 1 heterocycles. The van der Waals surface area contributed by atoms with Gasteiger partial charge < -0.3 is 10.0 Å². The highest BCUT2D eigenvalue weighted by Crippen LogP contribution is 2.37. The van der Waals surface area contributed by atoms with E-state index in [0.717, 1.165) is 28.9 Å². The van der Waals surface area contributed by atoms with Gasteiger partial charge in [-0.25, -0.2) is 4.79 Å². The minimum atomic E-state index is -1.01. The van der Waals surface area contributed by atoms with Crippen molar-refractivity contribution in [2.24, 2.45) is 4.99 Å². The zero-order valence-corrected chi connectivity index (χ0v) is 19.4. The Morgan fingerprint density at radius 3 is 2.21 bits per heavy atom. The van der Waals surface area contributed by atoms with Crippen LogP contribution in [0.3, 0.4) is 0 Å². The van der Waals surface area contributed by atoms with Gasteiger partial charge in [0.25, 0.3) is 0 Å². The van der Waals surface area contributed by atoms with Crippen molar-refractivity contribution in [1.29, 1.82) is 0 Å². The lowest BCUT2D eigenvalue weighted by Gasteiger charge is -2.26. The van der Waals surface area contributed by atoms with Crippen LogP contribution in [0.25, 0.3) is 22.3 Å². The van der Waals surface area contributed by atoms with E-state index < -0.39 is 5.97 Å². The summed E-state index contributed by atoms with van der Waals surface area (Å²) in [4.78, 5) is 20.2. The average molecular weight is 442 g/mol. The Labute approximate surface area is 196 Å². The number of carboxylic acids is 1. The number of rotatable bonds is 7. The fraction of sp³-hybridized carbons (Fsp3) is 0.286. The molecule has 170 valence electrons. The molecule has 3 aromatic rings. The van der Waals surface area contributed by atoms with Crippen LogP contribution in [0.4, 0.5) is 11.4 Å². The number of hydrogen-bond donors (Lipinski definition) is 1. The van der Waals surface area contributed by atoms with E-state index in [0.29, 0.717) is 5.69 Å². The molecule has 0 radical (unpaired) electrons. The Morgan fingerprint density at radius 2 is 1.61 bits per heavy atom. The Kier molecular flexibility index (Phi) is 6.90. The highest BCUT2D eigenvalue weighted by molar-refractivity contribution is 5.99. The summed E-state index contributed by atoms with van der Waals surface area (Å²) in [6, 6.07) is 20.7. The van der Waals surface area contributed by atoms with Gasteiger partial charge in [-0.1, -0.05) is 48.9 Å². The molecule has 0 unspecified atom stereocenters. The van der Waals surface area contributed by atoms with Crippen LogP contribution in [0.15, 0.2) is 65.7 Å². The third kappa shape index (κ3) is 5.15. The van der Waals surface area contributed by atoms with E-state index in [4.69, 9.17) is 0 Å². The molecule has 0 saturated carbocycles. The smallest absolute Gasteiger partial charge is 0.337 e. The quantitative estimate of drug-likeness (QED) is 0.450. The first-order valence-electron chi connectivity index (χ1n) is 11.4. The maximum absolute atomic E-state index is 11.8. The second-order valence-corrected chi connectivity index (χ2v) is 8.86. The summed E-state index contributed by atoms with van der Waals surface area (Å²) in [6.45, 7) is 6.94. The van der Waals surface area contributed by atoms with Crippen molar-refractivity contribution in [3.05, 3.63) is 71.8 Å². The number of carboxylic acid groups (broad SMARTS) is 1. The van der Waals surface area contributed by atoms with Crippen molar-refractivity contribution in [3.63, 3.8) is 0 Å². The third-order valence-corrected chi connectivity index (χ3v) is 6.29. The van der Waals surface area contributed by atoms with Crippen molar-refractivity contribution in [3.8, 4) is 22.3 Å². The molecule has 1 saturated heterocycles. The first-order chi connectivity index (χ1) is 16.0. The second kappa shape index (κ2) is 10.0. The van der Waals surface area contributed by atoms with Gasteiger partial charge in [-0.2, -0.15) is 0 Å². The number of nitrogens with zero attached hydrogens (tertiary/aromatic N) is 3. The van der Waals surface area contributed by atoms with Crippen LogP contribution in [0, 0.1) is 0 Å². The Bertz CT molecular complexity index is 1150. The van der Waals surface area contributed by atoms with Gasteiger partial charge in [0.2, 0.25) is 0 Å². The third-order valence-electron chi connectivity index (χ3n) is 6.29. The Balaban J connectivity index is 1.62. The first-order valence-corrected chi connectivity index (χ1v) is 11.4. The van der Waals surface area contributed by atoms with E-state index in [-0.39, 0.29) is 5.56 Å². The summed E-state index contributed by atoms with van der Waals surface area (Å²) >= 11 is 0. The topological polar surface area (TPSA) is 56.1 Å². The van der Waals surface area contributed by atoms with Gasteiger partial charge in [0, 0.05) is 20.6 Å². The summed E-state index contributed by atoms with van der Waals surface area (Å²) in [5.74, 6) is -1.01.